The molecule has 0 saturated heterocycles. The van der Waals surface area contributed by atoms with Crippen molar-refractivity contribution in [2.75, 3.05) is 6.26 Å². The molecule has 0 N–H and O–H groups in total. The average molecular weight is 289 g/mol. The summed E-state index contributed by atoms with van der Waals surface area (Å²) in [6.07, 6.45) is -2.94. The van der Waals surface area contributed by atoms with Crippen molar-refractivity contribution in [3.63, 3.8) is 0 Å². The van der Waals surface area contributed by atoms with E-state index in [-0.39, 0.29) is 9.37 Å². The number of benzene rings is 1. The predicted octanol–water partition coefficient (Wildman–Crippen LogP) is 4.33. The van der Waals surface area contributed by atoms with E-state index >= 15 is 0 Å². The Bertz CT molecular complexity index is 348. The third-order valence-electron chi connectivity index (χ3n) is 1.55. The van der Waals surface area contributed by atoms with Gasteiger partial charge in [0, 0.05) is 9.37 Å². The van der Waals surface area contributed by atoms with Crippen molar-refractivity contribution in [1.82, 2.24) is 0 Å². The zero-order chi connectivity index (χ0) is 10.9. The van der Waals surface area contributed by atoms with E-state index in [4.69, 9.17) is 0 Å². The van der Waals surface area contributed by atoms with E-state index in [0.29, 0.717) is 6.07 Å². The van der Waals surface area contributed by atoms with Crippen LogP contribution in [0.3, 0.4) is 0 Å². The fourth-order valence-electron chi connectivity index (χ4n) is 0.902. The lowest BCUT2D eigenvalue weighted by molar-refractivity contribution is -0.138. The summed E-state index contributed by atoms with van der Waals surface area (Å²) in [7, 11) is 0. The molecule has 0 atom stereocenters. The SMILES string of the molecule is CSc1cc(Br)c(C(F)(F)F)cc1F. The van der Waals surface area contributed by atoms with Gasteiger partial charge in [0.25, 0.3) is 0 Å². The highest BCUT2D eigenvalue weighted by Gasteiger charge is 2.33. The molecular weight excluding hydrogens is 284 g/mol. The van der Waals surface area contributed by atoms with Gasteiger partial charge in [-0.25, -0.2) is 4.39 Å². The Morgan fingerprint density at radius 2 is 1.86 bits per heavy atom. The number of halogens is 5. The highest BCUT2D eigenvalue weighted by Crippen LogP contribution is 2.37. The van der Waals surface area contributed by atoms with E-state index < -0.39 is 17.6 Å². The van der Waals surface area contributed by atoms with Crippen molar-refractivity contribution in [3.8, 4) is 0 Å². The molecule has 1 aromatic rings. The summed E-state index contributed by atoms with van der Waals surface area (Å²) in [5, 5.41) is 0. The second-order valence-corrected chi connectivity index (χ2v) is 4.17. The summed E-state index contributed by atoms with van der Waals surface area (Å²) in [6.45, 7) is 0. The van der Waals surface area contributed by atoms with Crippen molar-refractivity contribution < 1.29 is 17.6 Å². The van der Waals surface area contributed by atoms with Crippen LogP contribution >= 0.6 is 27.7 Å². The van der Waals surface area contributed by atoms with Gasteiger partial charge in [-0.1, -0.05) is 15.9 Å². The number of hydrogen-bond acceptors (Lipinski definition) is 1. The topological polar surface area (TPSA) is 0 Å². The molecule has 0 bridgehead atoms. The Morgan fingerprint density at radius 1 is 1.29 bits per heavy atom. The molecule has 0 heterocycles. The van der Waals surface area contributed by atoms with Crippen LogP contribution in [0.15, 0.2) is 21.5 Å². The summed E-state index contributed by atoms with van der Waals surface area (Å²) >= 11 is 3.81. The summed E-state index contributed by atoms with van der Waals surface area (Å²) < 4.78 is 49.7. The maximum Gasteiger partial charge on any atom is 0.417 e. The maximum absolute atomic E-state index is 13.0. The summed E-state index contributed by atoms with van der Waals surface area (Å²) in [6, 6.07) is 1.62. The Hall–Kier alpha value is -0.230. The van der Waals surface area contributed by atoms with Crippen LogP contribution in [-0.4, -0.2) is 6.26 Å². The second-order valence-electron chi connectivity index (χ2n) is 2.46. The largest absolute Gasteiger partial charge is 0.417 e. The van der Waals surface area contributed by atoms with Gasteiger partial charge in [0.05, 0.1) is 5.56 Å². The summed E-state index contributed by atoms with van der Waals surface area (Å²) in [5.41, 5.74) is -0.993. The van der Waals surface area contributed by atoms with Gasteiger partial charge in [0.15, 0.2) is 0 Å². The van der Waals surface area contributed by atoms with Crippen molar-refractivity contribution in [1.29, 1.82) is 0 Å². The first-order valence-corrected chi connectivity index (χ1v) is 5.48. The smallest absolute Gasteiger partial charge is 0.206 e. The van der Waals surface area contributed by atoms with Crippen LogP contribution in [0.4, 0.5) is 17.6 Å². The van der Waals surface area contributed by atoms with Crippen LogP contribution in [0.2, 0.25) is 0 Å². The Morgan fingerprint density at radius 3 is 2.29 bits per heavy atom. The molecule has 0 unspecified atom stereocenters. The Kier molecular flexibility index (Phi) is 3.47. The van der Waals surface area contributed by atoms with E-state index in [0.717, 1.165) is 17.8 Å². The number of thioether (sulfide) groups is 1. The molecule has 1 aromatic carbocycles. The average Bonchev–Trinajstić information content (AvgIpc) is 2.06. The van der Waals surface area contributed by atoms with Crippen LogP contribution in [0.1, 0.15) is 5.56 Å². The molecule has 0 aliphatic rings. The van der Waals surface area contributed by atoms with Crippen molar-refractivity contribution in [2.45, 2.75) is 11.1 Å². The van der Waals surface area contributed by atoms with E-state index in [1.807, 2.05) is 0 Å². The van der Waals surface area contributed by atoms with Gasteiger partial charge < -0.3 is 0 Å². The third kappa shape index (κ3) is 2.42. The van der Waals surface area contributed by atoms with Crippen LogP contribution in [0.25, 0.3) is 0 Å². The first-order chi connectivity index (χ1) is 6.36. The summed E-state index contributed by atoms with van der Waals surface area (Å²) in [5.74, 6) is -0.854. The normalized spacial score (nSPS) is 11.9. The zero-order valence-corrected chi connectivity index (χ0v) is 9.36. The van der Waals surface area contributed by atoms with Gasteiger partial charge in [-0.15, -0.1) is 11.8 Å². The Balaban J connectivity index is 3.29. The molecule has 0 fully saturated rings. The van der Waals surface area contributed by atoms with Crippen LogP contribution in [-0.2, 0) is 6.18 Å². The molecule has 14 heavy (non-hydrogen) atoms. The zero-order valence-electron chi connectivity index (χ0n) is 6.95. The van der Waals surface area contributed by atoms with Crippen molar-refractivity contribution in [3.05, 3.63) is 28.0 Å². The molecule has 0 saturated carbocycles. The number of alkyl halides is 3. The standard InChI is InChI=1S/C8H5BrF4S/c1-14-7-3-5(9)4(2-6(7)10)8(11,12)13/h2-3H,1H3. The lowest BCUT2D eigenvalue weighted by Crippen LogP contribution is -2.06. The van der Waals surface area contributed by atoms with Crippen molar-refractivity contribution in [2.24, 2.45) is 0 Å². The first-order valence-electron chi connectivity index (χ1n) is 3.46. The predicted molar refractivity (Wildman–Crippen MR) is 50.9 cm³/mol. The van der Waals surface area contributed by atoms with Crippen LogP contribution < -0.4 is 0 Å². The van der Waals surface area contributed by atoms with Gasteiger partial charge >= 0.3 is 6.18 Å². The second kappa shape index (κ2) is 4.10. The molecular formula is C8H5BrF4S. The molecule has 1 rings (SSSR count). The van der Waals surface area contributed by atoms with Crippen LogP contribution in [0, 0.1) is 5.82 Å². The minimum Gasteiger partial charge on any atom is -0.206 e. The monoisotopic (exact) mass is 288 g/mol. The van der Waals surface area contributed by atoms with E-state index in [9.17, 15) is 17.6 Å². The maximum atomic E-state index is 13.0. The van der Waals surface area contributed by atoms with Gasteiger partial charge in [-0.2, -0.15) is 13.2 Å². The molecule has 6 heteroatoms. The highest BCUT2D eigenvalue weighted by atomic mass is 79.9. The lowest BCUT2D eigenvalue weighted by atomic mass is 10.2. The van der Waals surface area contributed by atoms with Gasteiger partial charge in [-0.3, -0.25) is 0 Å². The molecule has 0 aromatic heterocycles. The minimum atomic E-state index is -4.53. The van der Waals surface area contributed by atoms with Gasteiger partial charge in [0.2, 0.25) is 0 Å². The molecule has 78 valence electrons. The number of hydrogen-bond donors (Lipinski definition) is 0. The minimum absolute atomic E-state index is 0.143. The lowest BCUT2D eigenvalue weighted by Gasteiger charge is -2.10. The molecule has 0 nitrogen and oxygen atoms in total. The van der Waals surface area contributed by atoms with E-state index in [2.05, 4.69) is 15.9 Å². The molecule has 0 spiro atoms. The molecule has 0 amide bonds. The fraction of sp³-hybridized carbons (Fsp3) is 0.250. The van der Waals surface area contributed by atoms with Gasteiger partial charge in [-0.05, 0) is 18.4 Å². The number of rotatable bonds is 1. The quantitative estimate of drug-likeness (QED) is 0.548. The van der Waals surface area contributed by atoms with Crippen LogP contribution in [0.5, 0.6) is 0 Å². The molecule has 0 aliphatic heterocycles. The first kappa shape index (κ1) is 11.8. The third-order valence-corrected chi connectivity index (χ3v) is 2.96. The van der Waals surface area contributed by atoms with Crippen molar-refractivity contribution >= 4 is 27.7 Å². The molecule has 0 aliphatic carbocycles. The highest BCUT2D eigenvalue weighted by molar-refractivity contribution is 9.10. The van der Waals surface area contributed by atoms with Gasteiger partial charge in [0.1, 0.15) is 5.82 Å². The molecule has 0 radical (unpaired) electrons. The van der Waals surface area contributed by atoms with E-state index in [1.165, 1.54) is 0 Å². The fourth-order valence-corrected chi connectivity index (χ4v) is 2.11. The van der Waals surface area contributed by atoms with E-state index in [1.54, 1.807) is 6.26 Å². The Labute approximate surface area is 90.8 Å². The summed E-state index contributed by atoms with van der Waals surface area (Å²) in [4.78, 5) is 0.185.